The molecule has 2 saturated heterocycles. The molecule has 5 nitrogen and oxygen atoms in total. The molecule has 2 aliphatic heterocycles. The van der Waals surface area contributed by atoms with Crippen molar-refractivity contribution >= 4 is 11.9 Å². The molecule has 0 bridgehead atoms. The fourth-order valence-corrected chi connectivity index (χ4v) is 1.86. The van der Waals surface area contributed by atoms with Gasteiger partial charge in [0.15, 0.2) is 0 Å². The zero-order chi connectivity index (χ0) is 10.1. The van der Waals surface area contributed by atoms with E-state index in [4.69, 9.17) is 4.74 Å². The van der Waals surface area contributed by atoms with E-state index >= 15 is 0 Å². The minimum absolute atomic E-state index is 0.0438. The van der Waals surface area contributed by atoms with Gasteiger partial charge in [-0.3, -0.25) is 9.69 Å². The molecule has 2 heterocycles. The summed E-state index contributed by atoms with van der Waals surface area (Å²) in [5.41, 5.74) is 0. The summed E-state index contributed by atoms with van der Waals surface area (Å²) in [5.74, 6) is -0.0661. The van der Waals surface area contributed by atoms with Gasteiger partial charge < -0.3 is 9.64 Å². The lowest BCUT2D eigenvalue weighted by molar-refractivity contribution is -0.132. The third kappa shape index (κ3) is 1.48. The lowest BCUT2D eigenvalue weighted by atomic mass is 10.2. The first kappa shape index (κ1) is 9.45. The summed E-state index contributed by atoms with van der Waals surface area (Å²) >= 11 is 0. The Morgan fingerprint density at radius 3 is 2.86 bits per heavy atom. The quantitative estimate of drug-likeness (QED) is 0.598. The summed E-state index contributed by atoms with van der Waals surface area (Å²) in [4.78, 5) is 26.2. The number of carbonyl (C=O) groups is 2. The van der Waals surface area contributed by atoms with Crippen LogP contribution in [0.3, 0.4) is 0 Å². The number of nitrogens with zero attached hydrogens (tertiary/aromatic N) is 2. The van der Waals surface area contributed by atoms with Gasteiger partial charge in [-0.1, -0.05) is 0 Å². The molecule has 0 aromatic carbocycles. The number of imide groups is 1. The molecular weight excluding hydrogens is 184 g/mol. The largest absolute Gasteiger partial charge is 0.379 e. The lowest BCUT2D eigenvalue weighted by Gasteiger charge is -2.34. The summed E-state index contributed by atoms with van der Waals surface area (Å²) in [6.07, 6.45) is 1.20. The molecule has 0 aromatic rings. The van der Waals surface area contributed by atoms with Crippen molar-refractivity contribution in [1.29, 1.82) is 0 Å². The molecule has 2 rings (SSSR count). The minimum atomic E-state index is -0.184. The smallest absolute Gasteiger partial charge is 0.326 e. The molecule has 1 unspecified atom stereocenters. The second-order valence-electron chi connectivity index (χ2n) is 3.74. The van der Waals surface area contributed by atoms with E-state index in [9.17, 15) is 9.59 Å². The minimum Gasteiger partial charge on any atom is -0.379 e. The van der Waals surface area contributed by atoms with Crippen LogP contribution in [-0.2, 0) is 9.53 Å². The third-order valence-corrected chi connectivity index (χ3v) is 2.73. The molecule has 0 radical (unpaired) electrons. The maximum atomic E-state index is 11.7. The van der Waals surface area contributed by atoms with E-state index in [1.165, 1.54) is 4.90 Å². The van der Waals surface area contributed by atoms with Gasteiger partial charge in [0, 0.05) is 26.6 Å². The SMILES string of the molecule is CN1CCC(=O)N(C2CCOC2)C1=O. The van der Waals surface area contributed by atoms with Gasteiger partial charge in [0.05, 0.1) is 12.6 Å². The van der Waals surface area contributed by atoms with E-state index in [0.29, 0.717) is 26.2 Å². The lowest BCUT2D eigenvalue weighted by Crippen LogP contribution is -2.55. The summed E-state index contributed by atoms with van der Waals surface area (Å²) < 4.78 is 5.18. The highest BCUT2D eigenvalue weighted by atomic mass is 16.5. The van der Waals surface area contributed by atoms with Crippen LogP contribution in [0.2, 0.25) is 0 Å². The van der Waals surface area contributed by atoms with Crippen molar-refractivity contribution in [2.75, 3.05) is 26.8 Å². The number of hydrogen-bond acceptors (Lipinski definition) is 3. The van der Waals surface area contributed by atoms with Crippen molar-refractivity contribution in [3.05, 3.63) is 0 Å². The van der Waals surface area contributed by atoms with Gasteiger partial charge in [-0.25, -0.2) is 4.79 Å². The molecular formula is C9H14N2O3. The molecule has 5 heteroatoms. The number of ether oxygens (including phenoxy) is 1. The van der Waals surface area contributed by atoms with E-state index in [1.807, 2.05) is 0 Å². The average molecular weight is 198 g/mol. The average Bonchev–Trinajstić information content (AvgIpc) is 2.65. The normalized spacial score (nSPS) is 28.8. The van der Waals surface area contributed by atoms with Crippen LogP contribution in [-0.4, -0.2) is 54.6 Å². The predicted molar refractivity (Wildman–Crippen MR) is 48.7 cm³/mol. The second kappa shape index (κ2) is 3.57. The zero-order valence-corrected chi connectivity index (χ0v) is 8.23. The first-order valence-electron chi connectivity index (χ1n) is 4.85. The Balaban J connectivity index is 2.12. The highest BCUT2D eigenvalue weighted by Crippen LogP contribution is 2.18. The van der Waals surface area contributed by atoms with Crippen molar-refractivity contribution in [2.45, 2.75) is 18.9 Å². The number of amides is 3. The summed E-state index contributed by atoms with van der Waals surface area (Å²) in [5, 5.41) is 0. The monoisotopic (exact) mass is 198 g/mol. The molecule has 0 spiro atoms. The molecule has 2 fully saturated rings. The molecule has 3 amide bonds. The van der Waals surface area contributed by atoms with E-state index in [2.05, 4.69) is 0 Å². The molecule has 14 heavy (non-hydrogen) atoms. The fourth-order valence-electron chi connectivity index (χ4n) is 1.86. The number of carbonyl (C=O) groups excluding carboxylic acids is 2. The van der Waals surface area contributed by atoms with Crippen molar-refractivity contribution in [3.8, 4) is 0 Å². The van der Waals surface area contributed by atoms with Crippen molar-refractivity contribution < 1.29 is 14.3 Å². The number of hydrogen-bond donors (Lipinski definition) is 0. The molecule has 78 valence electrons. The topological polar surface area (TPSA) is 49.9 Å². The Kier molecular flexibility index (Phi) is 2.41. The van der Waals surface area contributed by atoms with Crippen LogP contribution < -0.4 is 0 Å². The molecule has 0 aliphatic carbocycles. The Morgan fingerprint density at radius 2 is 2.21 bits per heavy atom. The zero-order valence-electron chi connectivity index (χ0n) is 8.23. The summed E-state index contributed by atoms with van der Waals surface area (Å²) in [6, 6.07) is -0.227. The predicted octanol–water partition coefficient (Wildman–Crippen LogP) is 0.0594. The second-order valence-corrected chi connectivity index (χ2v) is 3.74. The molecule has 0 saturated carbocycles. The molecule has 2 aliphatic rings. The van der Waals surface area contributed by atoms with E-state index in [0.717, 1.165) is 6.42 Å². The van der Waals surface area contributed by atoms with Gasteiger partial charge in [-0.2, -0.15) is 0 Å². The van der Waals surface area contributed by atoms with Crippen LogP contribution in [0.4, 0.5) is 4.79 Å². The van der Waals surface area contributed by atoms with Crippen molar-refractivity contribution in [2.24, 2.45) is 0 Å². The van der Waals surface area contributed by atoms with Gasteiger partial charge in [0.25, 0.3) is 0 Å². The fraction of sp³-hybridized carbons (Fsp3) is 0.778. The van der Waals surface area contributed by atoms with E-state index in [1.54, 1.807) is 11.9 Å². The van der Waals surface area contributed by atoms with Crippen LogP contribution in [0, 0.1) is 0 Å². The van der Waals surface area contributed by atoms with Crippen molar-refractivity contribution in [3.63, 3.8) is 0 Å². The Labute approximate surface area is 82.6 Å². The van der Waals surface area contributed by atoms with Gasteiger partial charge >= 0.3 is 6.03 Å². The Morgan fingerprint density at radius 1 is 1.43 bits per heavy atom. The van der Waals surface area contributed by atoms with E-state index < -0.39 is 0 Å². The number of rotatable bonds is 1. The Hall–Kier alpha value is -1.10. The van der Waals surface area contributed by atoms with E-state index in [-0.39, 0.29) is 18.0 Å². The van der Waals surface area contributed by atoms with Crippen LogP contribution in [0.25, 0.3) is 0 Å². The van der Waals surface area contributed by atoms with Gasteiger partial charge in [0.1, 0.15) is 0 Å². The van der Waals surface area contributed by atoms with Crippen LogP contribution in [0.15, 0.2) is 0 Å². The highest BCUT2D eigenvalue weighted by molar-refractivity contribution is 5.97. The van der Waals surface area contributed by atoms with Crippen molar-refractivity contribution in [1.82, 2.24) is 9.80 Å². The molecule has 0 N–H and O–H groups in total. The maximum absolute atomic E-state index is 11.7. The first-order valence-corrected chi connectivity index (χ1v) is 4.85. The van der Waals surface area contributed by atoms with Gasteiger partial charge in [-0.05, 0) is 6.42 Å². The van der Waals surface area contributed by atoms with Gasteiger partial charge in [-0.15, -0.1) is 0 Å². The third-order valence-electron chi connectivity index (χ3n) is 2.73. The highest BCUT2D eigenvalue weighted by Gasteiger charge is 2.36. The number of urea groups is 1. The van der Waals surface area contributed by atoms with Crippen LogP contribution >= 0.6 is 0 Å². The molecule has 0 aromatic heterocycles. The first-order chi connectivity index (χ1) is 6.70. The summed E-state index contributed by atoms with van der Waals surface area (Å²) in [6.45, 7) is 1.67. The summed E-state index contributed by atoms with van der Waals surface area (Å²) in [7, 11) is 1.72. The standard InChI is InChI=1S/C9H14N2O3/c1-10-4-2-8(12)11(9(10)13)7-3-5-14-6-7/h7H,2-6H2,1H3. The van der Waals surface area contributed by atoms with Crippen LogP contribution in [0.5, 0.6) is 0 Å². The van der Waals surface area contributed by atoms with Gasteiger partial charge in [0.2, 0.25) is 5.91 Å². The molecule has 1 atom stereocenters. The van der Waals surface area contributed by atoms with Crippen LogP contribution in [0.1, 0.15) is 12.8 Å². The Bertz CT molecular complexity index is 261. The maximum Gasteiger partial charge on any atom is 0.326 e.